The highest BCUT2D eigenvalue weighted by Crippen LogP contribution is 2.34. The smallest absolute Gasteiger partial charge is 0.298 e. The Morgan fingerprint density at radius 1 is 0.906 bits per heavy atom. The van der Waals surface area contributed by atoms with E-state index in [0.717, 1.165) is 33.8 Å². The van der Waals surface area contributed by atoms with E-state index >= 15 is 0 Å². The summed E-state index contributed by atoms with van der Waals surface area (Å²) in [6, 6.07) is 18.8. The van der Waals surface area contributed by atoms with Crippen LogP contribution in [0.15, 0.2) is 70.5 Å². The van der Waals surface area contributed by atoms with Crippen LogP contribution in [0.25, 0.3) is 10.8 Å². The number of hydrogen-bond acceptors (Lipinski definition) is 7. The van der Waals surface area contributed by atoms with Crippen molar-refractivity contribution in [2.24, 2.45) is 0 Å². The minimum Gasteiger partial charge on any atom is -0.377 e. The molecule has 0 amide bonds. The molecule has 0 aliphatic carbocycles. The Bertz CT molecular complexity index is 1150. The van der Waals surface area contributed by atoms with Crippen LogP contribution in [0.1, 0.15) is 18.6 Å². The van der Waals surface area contributed by atoms with Gasteiger partial charge in [-0.15, -0.1) is 0 Å². The van der Waals surface area contributed by atoms with Gasteiger partial charge < -0.3 is 9.80 Å². The average molecular weight is 491 g/mol. The van der Waals surface area contributed by atoms with Gasteiger partial charge in [0.15, 0.2) is 0 Å². The lowest BCUT2D eigenvalue weighted by Crippen LogP contribution is -2.14. The zero-order valence-electron chi connectivity index (χ0n) is 19.1. The lowest BCUT2D eigenvalue weighted by Gasteiger charge is -2.18. The molecular weight excluding hydrogens is 460 g/mol. The van der Waals surface area contributed by atoms with Crippen molar-refractivity contribution in [3.05, 3.63) is 66.2 Å². The van der Waals surface area contributed by atoms with Gasteiger partial charge in [-0.2, -0.15) is 8.42 Å². The number of rotatable bonds is 10. The summed E-state index contributed by atoms with van der Waals surface area (Å²) in [5.74, 6) is 1.04. The lowest BCUT2D eigenvalue weighted by atomic mass is 10.1. The number of anilines is 1. The van der Waals surface area contributed by atoms with Crippen LogP contribution < -0.4 is 4.90 Å². The highest BCUT2D eigenvalue weighted by Gasteiger charge is 2.23. The van der Waals surface area contributed by atoms with Crippen LogP contribution in [0.5, 0.6) is 0 Å². The van der Waals surface area contributed by atoms with Crippen molar-refractivity contribution in [1.82, 2.24) is 4.90 Å². The SMILES string of the molecule is CC(OS(=O)(=O)c1cccc2c(N(C)C)cccc12)c1ccc(SSCCN(C)C)cc1. The molecule has 0 radical (unpaired) electrons. The number of hydrogen-bond donors (Lipinski definition) is 0. The van der Waals surface area contributed by atoms with Crippen LogP contribution in [-0.4, -0.2) is 53.8 Å². The molecule has 3 aromatic carbocycles. The van der Waals surface area contributed by atoms with Crippen molar-refractivity contribution < 1.29 is 12.6 Å². The predicted molar refractivity (Wildman–Crippen MR) is 138 cm³/mol. The Morgan fingerprint density at radius 2 is 1.56 bits per heavy atom. The molecule has 0 N–H and O–H groups in total. The maximum Gasteiger partial charge on any atom is 0.298 e. The van der Waals surface area contributed by atoms with Gasteiger partial charge in [-0.1, -0.05) is 58.0 Å². The van der Waals surface area contributed by atoms with Crippen molar-refractivity contribution in [2.75, 3.05) is 45.4 Å². The first-order chi connectivity index (χ1) is 15.2. The zero-order valence-corrected chi connectivity index (χ0v) is 21.6. The molecule has 0 saturated heterocycles. The van der Waals surface area contributed by atoms with Crippen molar-refractivity contribution in [2.45, 2.75) is 22.8 Å². The minimum absolute atomic E-state index is 0.190. The average Bonchev–Trinajstić information content (AvgIpc) is 2.75. The molecule has 32 heavy (non-hydrogen) atoms. The second kappa shape index (κ2) is 10.9. The fraction of sp³-hybridized carbons (Fsp3) is 0.333. The van der Waals surface area contributed by atoms with Crippen LogP contribution in [0.2, 0.25) is 0 Å². The molecular formula is C24H30N2O3S3. The number of benzene rings is 3. The summed E-state index contributed by atoms with van der Waals surface area (Å²) in [6.07, 6.45) is -0.590. The molecule has 0 bridgehead atoms. The summed E-state index contributed by atoms with van der Waals surface area (Å²) in [4.78, 5) is 5.46. The Balaban J connectivity index is 1.75. The van der Waals surface area contributed by atoms with Gasteiger partial charge in [0.05, 0.1) is 6.10 Å². The van der Waals surface area contributed by atoms with Gasteiger partial charge in [0.1, 0.15) is 4.90 Å². The van der Waals surface area contributed by atoms with E-state index in [4.69, 9.17) is 4.18 Å². The fourth-order valence-electron chi connectivity index (χ4n) is 3.29. The molecule has 0 aromatic heterocycles. The van der Waals surface area contributed by atoms with Crippen LogP contribution in [0.3, 0.4) is 0 Å². The molecule has 8 heteroatoms. The van der Waals surface area contributed by atoms with E-state index in [1.165, 1.54) is 0 Å². The van der Waals surface area contributed by atoms with E-state index in [-0.39, 0.29) is 4.90 Å². The van der Waals surface area contributed by atoms with Gasteiger partial charge >= 0.3 is 0 Å². The van der Waals surface area contributed by atoms with E-state index < -0.39 is 16.2 Å². The van der Waals surface area contributed by atoms with Gasteiger partial charge in [-0.05, 0) is 50.8 Å². The van der Waals surface area contributed by atoms with Gasteiger partial charge in [0.25, 0.3) is 10.1 Å². The molecule has 0 aliphatic heterocycles. The summed E-state index contributed by atoms with van der Waals surface area (Å²) in [5.41, 5.74) is 1.79. The van der Waals surface area contributed by atoms with Crippen LogP contribution >= 0.6 is 21.6 Å². The molecule has 1 atom stereocenters. The molecule has 3 aromatic rings. The standard InChI is InChI=1S/C24H30N2O3S3/c1-18(19-12-14-20(15-13-19)31-30-17-16-25(2)3)29-32(27,28)24-11-7-8-21-22(24)9-6-10-23(21)26(4)5/h6-15,18H,16-17H2,1-5H3. The third-order valence-electron chi connectivity index (χ3n) is 5.01. The largest absolute Gasteiger partial charge is 0.377 e. The molecule has 0 fully saturated rings. The van der Waals surface area contributed by atoms with Crippen LogP contribution in [-0.2, 0) is 14.3 Å². The van der Waals surface area contributed by atoms with E-state index in [1.54, 1.807) is 40.6 Å². The Labute approximate surface area is 199 Å². The van der Waals surface area contributed by atoms with E-state index in [0.29, 0.717) is 5.39 Å². The van der Waals surface area contributed by atoms with Gasteiger partial charge in [-0.25, -0.2) is 0 Å². The maximum atomic E-state index is 13.2. The summed E-state index contributed by atoms with van der Waals surface area (Å²) >= 11 is 0. The predicted octanol–water partition coefficient (Wildman–Crippen LogP) is 5.67. The quantitative estimate of drug-likeness (QED) is 0.206. The summed E-state index contributed by atoms with van der Waals surface area (Å²) in [5, 5.41) is 1.54. The number of nitrogens with zero attached hydrogens (tertiary/aromatic N) is 2. The maximum absolute atomic E-state index is 13.2. The first-order valence-electron chi connectivity index (χ1n) is 10.4. The van der Waals surface area contributed by atoms with E-state index in [2.05, 4.69) is 19.0 Å². The summed E-state index contributed by atoms with van der Waals surface area (Å²) in [7, 11) is 7.60. The van der Waals surface area contributed by atoms with Crippen LogP contribution in [0, 0.1) is 0 Å². The molecule has 0 saturated carbocycles. The highest BCUT2D eigenvalue weighted by molar-refractivity contribution is 8.76. The topological polar surface area (TPSA) is 49.9 Å². The van der Waals surface area contributed by atoms with Crippen molar-refractivity contribution in [3.8, 4) is 0 Å². The third kappa shape index (κ3) is 6.20. The normalized spacial score (nSPS) is 12.9. The second-order valence-electron chi connectivity index (χ2n) is 7.99. The molecule has 172 valence electrons. The Kier molecular flexibility index (Phi) is 8.52. The summed E-state index contributed by atoms with van der Waals surface area (Å²) < 4.78 is 31.9. The third-order valence-corrected chi connectivity index (χ3v) is 8.81. The van der Waals surface area contributed by atoms with Crippen LogP contribution in [0.4, 0.5) is 5.69 Å². The monoisotopic (exact) mass is 490 g/mol. The first kappa shape index (κ1) is 24.9. The lowest BCUT2D eigenvalue weighted by molar-refractivity contribution is 0.234. The molecule has 3 rings (SSSR count). The molecule has 5 nitrogen and oxygen atoms in total. The highest BCUT2D eigenvalue weighted by atomic mass is 33.1. The molecule has 0 aliphatic rings. The number of fused-ring (bicyclic) bond motifs is 1. The molecule has 1 unspecified atom stereocenters. The zero-order chi connectivity index (χ0) is 23.3. The van der Waals surface area contributed by atoms with Crippen molar-refractivity contribution in [3.63, 3.8) is 0 Å². The van der Waals surface area contributed by atoms with Gasteiger partial charge in [0, 0.05) is 47.7 Å². The Hall–Kier alpha value is -1.71. The minimum atomic E-state index is -3.95. The Morgan fingerprint density at radius 3 is 2.22 bits per heavy atom. The van der Waals surface area contributed by atoms with Crippen molar-refractivity contribution in [1.29, 1.82) is 0 Å². The van der Waals surface area contributed by atoms with E-state index in [9.17, 15) is 8.42 Å². The first-order valence-corrected chi connectivity index (χ1v) is 14.1. The van der Waals surface area contributed by atoms with E-state index in [1.807, 2.05) is 67.5 Å². The van der Waals surface area contributed by atoms with Gasteiger partial charge in [0.2, 0.25) is 0 Å². The summed E-state index contributed by atoms with van der Waals surface area (Å²) in [6.45, 7) is 2.80. The molecule has 0 heterocycles. The fourth-order valence-corrected chi connectivity index (χ4v) is 6.70. The second-order valence-corrected chi connectivity index (χ2v) is 12.0. The van der Waals surface area contributed by atoms with Crippen molar-refractivity contribution >= 4 is 48.2 Å². The molecule has 0 spiro atoms. The van der Waals surface area contributed by atoms with Gasteiger partial charge in [-0.3, -0.25) is 4.18 Å².